The van der Waals surface area contributed by atoms with Crippen molar-refractivity contribution < 1.29 is 19.0 Å². The third kappa shape index (κ3) is 5.62. The highest BCUT2D eigenvalue weighted by molar-refractivity contribution is 5.88. The summed E-state index contributed by atoms with van der Waals surface area (Å²) in [6.45, 7) is 2.89. The Bertz CT molecular complexity index is 664. The second kappa shape index (κ2) is 9.87. The van der Waals surface area contributed by atoms with Crippen molar-refractivity contribution in [1.29, 1.82) is 0 Å². The summed E-state index contributed by atoms with van der Waals surface area (Å²) in [6, 6.07) is 7.03. The largest absolute Gasteiger partial charge is 0.494 e. The molecule has 0 aliphatic heterocycles. The van der Waals surface area contributed by atoms with Crippen LogP contribution in [0.4, 0.5) is 4.39 Å². The third-order valence-electron chi connectivity index (χ3n) is 4.21. The number of halogens is 1. The van der Waals surface area contributed by atoms with Crippen molar-refractivity contribution >= 4 is 5.97 Å². The van der Waals surface area contributed by atoms with E-state index in [2.05, 4.69) is 11.9 Å². The maximum Gasteiger partial charge on any atom is 0.355 e. The number of aromatic nitrogens is 1. The Morgan fingerprint density at radius 1 is 1.08 bits per heavy atom. The van der Waals surface area contributed by atoms with Crippen molar-refractivity contribution in [3.05, 3.63) is 42.0 Å². The van der Waals surface area contributed by atoms with Crippen LogP contribution in [0.1, 0.15) is 62.4 Å². The summed E-state index contributed by atoms with van der Waals surface area (Å²) in [5, 5.41) is 8.88. The summed E-state index contributed by atoms with van der Waals surface area (Å²) in [6.07, 6.45) is 10.0. The van der Waals surface area contributed by atoms with Crippen LogP contribution < -0.4 is 4.74 Å². The molecule has 0 aliphatic carbocycles. The molecular weight excluding hydrogens is 321 g/mol. The van der Waals surface area contributed by atoms with Crippen LogP contribution in [0.25, 0.3) is 11.1 Å². The van der Waals surface area contributed by atoms with Crippen LogP contribution in [-0.4, -0.2) is 22.7 Å². The number of nitrogens with one attached hydrogen (secondary N) is 1. The summed E-state index contributed by atoms with van der Waals surface area (Å²) in [5.74, 6) is -1.31. The fourth-order valence-corrected chi connectivity index (χ4v) is 2.75. The van der Waals surface area contributed by atoms with Crippen LogP contribution in [0.2, 0.25) is 0 Å². The predicted molar refractivity (Wildman–Crippen MR) is 96.6 cm³/mol. The van der Waals surface area contributed by atoms with Crippen LogP contribution >= 0.6 is 0 Å². The molecule has 0 spiro atoms. The van der Waals surface area contributed by atoms with Gasteiger partial charge in [-0.25, -0.2) is 9.18 Å². The second-order valence-corrected chi connectivity index (χ2v) is 6.19. The summed E-state index contributed by atoms with van der Waals surface area (Å²) in [7, 11) is 0. The molecule has 1 heterocycles. The molecule has 0 bridgehead atoms. The first-order valence-corrected chi connectivity index (χ1v) is 8.97. The van der Waals surface area contributed by atoms with Gasteiger partial charge in [0, 0.05) is 11.8 Å². The van der Waals surface area contributed by atoms with Crippen molar-refractivity contribution in [2.45, 2.75) is 51.9 Å². The maximum atomic E-state index is 14.0. The number of unbranched alkanes of at least 4 members (excludes halogenated alkanes) is 6. The molecule has 1 aromatic heterocycles. The van der Waals surface area contributed by atoms with Crippen LogP contribution in [0.15, 0.2) is 30.5 Å². The van der Waals surface area contributed by atoms with E-state index in [9.17, 15) is 9.18 Å². The number of ether oxygens (including phenoxy) is 1. The number of aromatic amines is 1. The van der Waals surface area contributed by atoms with Crippen molar-refractivity contribution in [3.8, 4) is 16.9 Å². The molecule has 0 radical (unpaired) electrons. The molecule has 1 aromatic carbocycles. The lowest BCUT2D eigenvalue weighted by Crippen LogP contribution is -1.99. The maximum absolute atomic E-state index is 14.0. The SMILES string of the molecule is CCCCCCCCCOc1ccc(-c2c[nH]c(C(=O)O)c2F)cc1. The Balaban J connectivity index is 1.78. The van der Waals surface area contributed by atoms with Gasteiger partial charge in [-0.2, -0.15) is 0 Å². The Morgan fingerprint density at radius 3 is 2.32 bits per heavy atom. The van der Waals surface area contributed by atoms with Gasteiger partial charge >= 0.3 is 5.97 Å². The van der Waals surface area contributed by atoms with E-state index >= 15 is 0 Å². The zero-order valence-electron chi connectivity index (χ0n) is 14.7. The first kappa shape index (κ1) is 19.0. The molecule has 25 heavy (non-hydrogen) atoms. The van der Waals surface area contributed by atoms with Crippen molar-refractivity contribution in [2.75, 3.05) is 6.61 Å². The van der Waals surface area contributed by atoms with E-state index in [0.29, 0.717) is 12.2 Å². The van der Waals surface area contributed by atoms with E-state index < -0.39 is 17.5 Å². The van der Waals surface area contributed by atoms with Crippen LogP contribution in [-0.2, 0) is 0 Å². The number of benzene rings is 1. The van der Waals surface area contributed by atoms with Gasteiger partial charge in [-0.15, -0.1) is 0 Å². The minimum absolute atomic E-state index is 0.246. The van der Waals surface area contributed by atoms with E-state index in [1.165, 1.54) is 44.7 Å². The monoisotopic (exact) mass is 347 g/mol. The van der Waals surface area contributed by atoms with Gasteiger partial charge in [0.2, 0.25) is 0 Å². The number of carboxylic acids is 1. The van der Waals surface area contributed by atoms with Gasteiger partial charge in [-0.1, -0.05) is 57.6 Å². The van der Waals surface area contributed by atoms with Gasteiger partial charge in [-0.05, 0) is 24.1 Å². The summed E-state index contributed by atoms with van der Waals surface area (Å²) < 4.78 is 19.7. The lowest BCUT2D eigenvalue weighted by Gasteiger charge is -2.07. The molecule has 0 atom stereocenters. The topological polar surface area (TPSA) is 62.3 Å². The number of carboxylic acid groups (broad SMARTS) is 1. The molecule has 2 aromatic rings. The number of H-pyrrole nitrogens is 1. The Labute approximate surface area is 148 Å². The molecular formula is C20H26FNO3. The number of carbonyl (C=O) groups is 1. The van der Waals surface area contributed by atoms with E-state index in [1.54, 1.807) is 24.3 Å². The first-order chi connectivity index (χ1) is 12.1. The minimum atomic E-state index is -1.31. The summed E-state index contributed by atoms with van der Waals surface area (Å²) >= 11 is 0. The number of hydrogen-bond acceptors (Lipinski definition) is 2. The molecule has 0 fully saturated rings. The highest BCUT2D eigenvalue weighted by Crippen LogP contribution is 2.27. The lowest BCUT2D eigenvalue weighted by molar-refractivity contribution is 0.0686. The summed E-state index contributed by atoms with van der Waals surface area (Å²) in [4.78, 5) is 13.3. The van der Waals surface area contributed by atoms with Crippen molar-refractivity contribution in [2.24, 2.45) is 0 Å². The smallest absolute Gasteiger partial charge is 0.355 e. The lowest BCUT2D eigenvalue weighted by atomic mass is 10.1. The molecule has 0 aliphatic rings. The molecule has 5 heteroatoms. The highest BCUT2D eigenvalue weighted by atomic mass is 19.1. The molecule has 136 valence electrons. The van der Waals surface area contributed by atoms with E-state index in [-0.39, 0.29) is 5.56 Å². The average molecular weight is 347 g/mol. The molecule has 0 amide bonds. The molecule has 2 N–H and O–H groups in total. The zero-order valence-corrected chi connectivity index (χ0v) is 14.7. The average Bonchev–Trinajstić information content (AvgIpc) is 2.99. The van der Waals surface area contributed by atoms with Crippen molar-refractivity contribution in [3.63, 3.8) is 0 Å². The number of aromatic carboxylic acids is 1. The number of rotatable bonds is 11. The Hall–Kier alpha value is -2.30. The van der Waals surface area contributed by atoms with Crippen molar-refractivity contribution in [1.82, 2.24) is 4.98 Å². The van der Waals surface area contributed by atoms with Gasteiger partial charge < -0.3 is 14.8 Å². The van der Waals surface area contributed by atoms with Gasteiger partial charge in [0.05, 0.1) is 6.61 Å². The van der Waals surface area contributed by atoms with Gasteiger partial charge in [0.25, 0.3) is 0 Å². The molecule has 2 rings (SSSR count). The second-order valence-electron chi connectivity index (χ2n) is 6.19. The standard InChI is InChI=1S/C20H26FNO3/c1-2-3-4-5-6-7-8-13-25-16-11-9-15(10-12-16)17-14-22-19(18(17)21)20(23)24/h9-12,14,22H,2-8,13H2,1H3,(H,23,24). The predicted octanol–water partition coefficient (Wildman–Crippen LogP) is 5.65. The fraction of sp³-hybridized carbons (Fsp3) is 0.450. The highest BCUT2D eigenvalue weighted by Gasteiger charge is 2.17. The molecule has 0 unspecified atom stereocenters. The first-order valence-electron chi connectivity index (χ1n) is 8.97. The van der Waals surface area contributed by atoms with E-state index in [0.717, 1.165) is 12.2 Å². The zero-order chi connectivity index (χ0) is 18.1. The van der Waals surface area contributed by atoms with Crippen LogP contribution in [0.5, 0.6) is 5.75 Å². The van der Waals surface area contributed by atoms with Gasteiger partial charge in [0.15, 0.2) is 11.5 Å². The summed E-state index contributed by atoms with van der Waals surface area (Å²) in [5.41, 5.74) is 0.440. The quantitative estimate of drug-likeness (QED) is 0.516. The number of hydrogen-bond donors (Lipinski definition) is 2. The fourth-order valence-electron chi connectivity index (χ4n) is 2.75. The Morgan fingerprint density at radius 2 is 1.72 bits per heavy atom. The van der Waals surface area contributed by atoms with Gasteiger partial charge in [-0.3, -0.25) is 0 Å². The van der Waals surface area contributed by atoms with Crippen LogP contribution in [0, 0.1) is 5.82 Å². The molecule has 0 saturated carbocycles. The Kier molecular flexibility index (Phi) is 7.51. The molecule has 4 nitrogen and oxygen atoms in total. The van der Waals surface area contributed by atoms with E-state index in [4.69, 9.17) is 9.84 Å². The minimum Gasteiger partial charge on any atom is -0.494 e. The van der Waals surface area contributed by atoms with Crippen LogP contribution in [0.3, 0.4) is 0 Å². The normalized spacial score (nSPS) is 10.8. The van der Waals surface area contributed by atoms with E-state index in [1.807, 2.05) is 0 Å². The molecule has 0 saturated heterocycles. The van der Waals surface area contributed by atoms with Gasteiger partial charge in [0.1, 0.15) is 5.75 Å². The third-order valence-corrected chi connectivity index (χ3v) is 4.21.